The molecule has 0 amide bonds. The molecule has 82 valence electrons. The summed E-state index contributed by atoms with van der Waals surface area (Å²) in [5.41, 5.74) is -0.0840. The molecular formula is C9H8ClF2NO2. The molecule has 0 heterocycles. The Morgan fingerprint density at radius 3 is 2.67 bits per heavy atom. The van der Waals surface area contributed by atoms with E-state index in [-0.39, 0.29) is 23.7 Å². The van der Waals surface area contributed by atoms with E-state index in [1.807, 2.05) is 0 Å². The van der Waals surface area contributed by atoms with Crippen molar-refractivity contribution >= 4 is 23.3 Å². The minimum absolute atomic E-state index is 0.0254. The van der Waals surface area contributed by atoms with Gasteiger partial charge in [-0.25, -0.2) is 8.78 Å². The number of anilines is 1. The number of hydrogen-bond donors (Lipinski definition) is 2. The Morgan fingerprint density at radius 1 is 1.47 bits per heavy atom. The first-order valence-electron chi connectivity index (χ1n) is 4.11. The van der Waals surface area contributed by atoms with Crippen LogP contribution >= 0.6 is 11.6 Å². The summed E-state index contributed by atoms with van der Waals surface area (Å²) in [6.07, 6.45) is -0.173. The van der Waals surface area contributed by atoms with E-state index in [9.17, 15) is 13.6 Å². The Labute approximate surface area is 89.7 Å². The van der Waals surface area contributed by atoms with Crippen molar-refractivity contribution in [1.82, 2.24) is 0 Å². The molecule has 1 aromatic rings. The second kappa shape index (κ2) is 4.93. The molecule has 0 aromatic heterocycles. The maximum atomic E-state index is 13.1. The van der Waals surface area contributed by atoms with E-state index in [0.29, 0.717) is 6.07 Å². The first-order valence-corrected chi connectivity index (χ1v) is 4.48. The van der Waals surface area contributed by atoms with Crippen molar-refractivity contribution in [3.05, 3.63) is 28.8 Å². The number of carboxylic acid groups (broad SMARTS) is 1. The topological polar surface area (TPSA) is 49.3 Å². The van der Waals surface area contributed by atoms with E-state index in [4.69, 9.17) is 16.7 Å². The molecule has 0 saturated heterocycles. The zero-order valence-corrected chi connectivity index (χ0v) is 8.31. The Balaban J connectivity index is 2.72. The Morgan fingerprint density at radius 2 is 2.13 bits per heavy atom. The van der Waals surface area contributed by atoms with Crippen LogP contribution in [0.15, 0.2) is 12.1 Å². The molecular weight excluding hydrogens is 228 g/mol. The number of rotatable bonds is 4. The number of carbonyl (C=O) groups is 1. The lowest BCUT2D eigenvalue weighted by atomic mass is 10.3. The van der Waals surface area contributed by atoms with Gasteiger partial charge in [-0.15, -0.1) is 0 Å². The summed E-state index contributed by atoms with van der Waals surface area (Å²) in [5.74, 6) is -2.63. The van der Waals surface area contributed by atoms with Crippen molar-refractivity contribution in [2.24, 2.45) is 0 Å². The van der Waals surface area contributed by atoms with Crippen LogP contribution in [0.5, 0.6) is 0 Å². The molecule has 1 aromatic carbocycles. The minimum atomic E-state index is -1.01. The average molecular weight is 236 g/mol. The fourth-order valence-electron chi connectivity index (χ4n) is 1.01. The molecule has 6 heteroatoms. The maximum absolute atomic E-state index is 13.1. The number of halogens is 3. The number of benzene rings is 1. The van der Waals surface area contributed by atoms with E-state index >= 15 is 0 Å². The highest BCUT2D eigenvalue weighted by molar-refractivity contribution is 6.33. The second-order valence-corrected chi connectivity index (χ2v) is 3.22. The Kier molecular flexibility index (Phi) is 3.85. The number of nitrogens with one attached hydrogen (secondary N) is 1. The predicted octanol–water partition coefficient (Wildman–Crippen LogP) is 2.50. The van der Waals surface area contributed by atoms with Gasteiger partial charge in [0.05, 0.1) is 17.1 Å². The van der Waals surface area contributed by atoms with Crippen molar-refractivity contribution in [2.45, 2.75) is 6.42 Å². The molecule has 0 spiro atoms. The van der Waals surface area contributed by atoms with Gasteiger partial charge in [0.25, 0.3) is 0 Å². The lowest BCUT2D eigenvalue weighted by Gasteiger charge is -2.08. The highest BCUT2D eigenvalue weighted by Crippen LogP contribution is 2.26. The van der Waals surface area contributed by atoms with Gasteiger partial charge in [-0.1, -0.05) is 11.6 Å². The van der Waals surface area contributed by atoms with Crippen molar-refractivity contribution in [3.63, 3.8) is 0 Å². The minimum Gasteiger partial charge on any atom is -0.481 e. The van der Waals surface area contributed by atoms with Gasteiger partial charge < -0.3 is 10.4 Å². The van der Waals surface area contributed by atoms with Gasteiger partial charge in [-0.05, 0) is 6.07 Å². The summed E-state index contributed by atoms with van der Waals surface area (Å²) >= 11 is 5.56. The molecule has 0 aliphatic carbocycles. The third-order valence-electron chi connectivity index (χ3n) is 1.65. The monoisotopic (exact) mass is 235 g/mol. The van der Waals surface area contributed by atoms with E-state index < -0.39 is 17.6 Å². The third kappa shape index (κ3) is 3.36. The largest absolute Gasteiger partial charge is 0.481 e. The first kappa shape index (κ1) is 11.7. The highest BCUT2D eigenvalue weighted by Gasteiger charge is 2.09. The van der Waals surface area contributed by atoms with Crippen LogP contribution in [-0.2, 0) is 4.79 Å². The van der Waals surface area contributed by atoms with Crippen molar-refractivity contribution in [1.29, 1.82) is 0 Å². The summed E-state index contributed by atoms with van der Waals surface area (Å²) in [6.45, 7) is 0.0254. The normalized spacial score (nSPS) is 10.1. The van der Waals surface area contributed by atoms with Crippen LogP contribution in [0.3, 0.4) is 0 Å². The van der Waals surface area contributed by atoms with Gasteiger partial charge in [-0.3, -0.25) is 4.79 Å². The SMILES string of the molecule is O=C(O)CCNc1c(F)cc(F)cc1Cl. The molecule has 0 unspecified atom stereocenters. The molecule has 0 atom stereocenters. The lowest BCUT2D eigenvalue weighted by Crippen LogP contribution is -2.09. The van der Waals surface area contributed by atoms with Crippen LogP contribution < -0.4 is 5.32 Å². The molecule has 0 fully saturated rings. The molecule has 0 saturated carbocycles. The third-order valence-corrected chi connectivity index (χ3v) is 1.95. The van der Waals surface area contributed by atoms with Gasteiger partial charge in [0, 0.05) is 12.6 Å². The van der Waals surface area contributed by atoms with Crippen LogP contribution in [0.2, 0.25) is 5.02 Å². The zero-order chi connectivity index (χ0) is 11.4. The van der Waals surface area contributed by atoms with Crippen LogP contribution in [0.1, 0.15) is 6.42 Å². The summed E-state index contributed by atoms with van der Waals surface area (Å²) in [6, 6.07) is 1.63. The van der Waals surface area contributed by atoms with Gasteiger partial charge >= 0.3 is 5.97 Å². The average Bonchev–Trinajstić information content (AvgIpc) is 2.08. The van der Waals surface area contributed by atoms with Gasteiger partial charge in [0.1, 0.15) is 5.82 Å². The van der Waals surface area contributed by atoms with Crippen LogP contribution in [0.4, 0.5) is 14.5 Å². The maximum Gasteiger partial charge on any atom is 0.305 e. The summed E-state index contributed by atoms with van der Waals surface area (Å²) in [5, 5.41) is 10.7. The van der Waals surface area contributed by atoms with E-state index in [0.717, 1.165) is 6.07 Å². The molecule has 3 nitrogen and oxygen atoms in total. The smallest absolute Gasteiger partial charge is 0.305 e. The van der Waals surface area contributed by atoms with Crippen LogP contribution in [-0.4, -0.2) is 17.6 Å². The fraction of sp³-hybridized carbons (Fsp3) is 0.222. The molecule has 1 rings (SSSR count). The van der Waals surface area contributed by atoms with E-state index in [1.165, 1.54) is 0 Å². The molecule has 0 aliphatic heterocycles. The lowest BCUT2D eigenvalue weighted by molar-refractivity contribution is -0.136. The molecule has 0 bridgehead atoms. The quantitative estimate of drug-likeness (QED) is 0.843. The van der Waals surface area contributed by atoms with Gasteiger partial charge in [0.15, 0.2) is 5.82 Å². The molecule has 0 radical (unpaired) electrons. The molecule has 15 heavy (non-hydrogen) atoms. The second-order valence-electron chi connectivity index (χ2n) is 2.81. The Bertz CT molecular complexity index is 361. The number of hydrogen-bond acceptors (Lipinski definition) is 2. The summed E-state index contributed by atoms with van der Waals surface area (Å²) in [4.78, 5) is 10.2. The van der Waals surface area contributed by atoms with Crippen molar-refractivity contribution in [2.75, 3.05) is 11.9 Å². The van der Waals surface area contributed by atoms with Gasteiger partial charge in [0.2, 0.25) is 0 Å². The Hall–Kier alpha value is -1.36. The van der Waals surface area contributed by atoms with Gasteiger partial charge in [-0.2, -0.15) is 0 Å². The molecule has 0 aliphatic rings. The first-order chi connectivity index (χ1) is 7.00. The number of carboxylic acids is 1. The zero-order valence-electron chi connectivity index (χ0n) is 7.56. The van der Waals surface area contributed by atoms with Crippen LogP contribution in [0.25, 0.3) is 0 Å². The van der Waals surface area contributed by atoms with E-state index in [2.05, 4.69) is 5.32 Å². The number of aliphatic carboxylic acids is 1. The van der Waals surface area contributed by atoms with Crippen molar-refractivity contribution in [3.8, 4) is 0 Å². The summed E-state index contributed by atoms with van der Waals surface area (Å²) in [7, 11) is 0. The van der Waals surface area contributed by atoms with E-state index in [1.54, 1.807) is 0 Å². The standard InChI is InChI=1S/C9H8ClF2NO2/c10-6-3-5(11)4-7(12)9(6)13-2-1-8(14)15/h3-4,13H,1-2H2,(H,14,15). The molecule has 2 N–H and O–H groups in total. The predicted molar refractivity (Wildman–Crippen MR) is 52.1 cm³/mol. The summed E-state index contributed by atoms with van der Waals surface area (Å²) < 4.78 is 25.7. The highest BCUT2D eigenvalue weighted by atomic mass is 35.5. The fourth-order valence-corrected chi connectivity index (χ4v) is 1.27. The van der Waals surface area contributed by atoms with Crippen LogP contribution in [0, 0.1) is 11.6 Å². The van der Waals surface area contributed by atoms with Crippen molar-refractivity contribution < 1.29 is 18.7 Å².